The van der Waals surface area contributed by atoms with E-state index in [1.54, 1.807) is 54.6 Å². The molecule has 0 aliphatic heterocycles. The minimum absolute atomic E-state index is 0.209. The number of aliphatic hydroxyl groups excluding tert-OH is 1. The third-order valence-electron chi connectivity index (χ3n) is 4.94. The van der Waals surface area contributed by atoms with Crippen LogP contribution >= 0.6 is 0 Å². The molecule has 0 aromatic heterocycles. The predicted molar refractivity (Wildman–Crippen MR) is 104 cm³/mol. The third-order valence-corrected chi connectivity index (χ3v) is 6.74. The van der Waals surface area contributed by atoms with Gasteiger partial charge in [-0.3, -0.25) is 9.10 Å². The van der Waals surface area contributed by atoms with E-state index in [-0.39, 0.29) is 16.8 Å². The average molecular weight is 388 g/mol. The Bertz CT molecular complexity index is 882. The molecular formula is C20H24N2O4S. The summed E-state index contributed by atoms with van der Waals surface area (Å²) in [7, 11) is -2.17. The number of amides is 1. The van der Waals surface area contributed by atoms with Gasteiger partial charge in [-0.15, -0.1) is 0 Å². The zero-order valence-corrected chi connectivity index (χ0v) is 16.0. The number of anilines is 1. The van der Waals surface area contributed by atoms with Crippen LogP contribution in [-0.2, 0) is 10.0 Å². The van der Waals surface area contributed by atoms with Gasteiger partial charge in [-0.1, -0.05) is 31.0 Å². The number of nitrogens with zero attached hydrogens (tertiary/aromatic N) is 1. The molecule has 2 N–H and O–H groups in total. The molecule has 0 unspecified atom stereocenters. The highest BCUT2D eigenvalue weighted by Gasteiger charge is 2.25. The number of aliphatic hydroxyl groups is 1. The Morgan fingerprint density at radius 2 is 1.67 bits per heavy atom. The van der Waals surface area contributed by atoms with E-state index in [1.165, 1.54) is 11.4 Å². The van der Waals surface area contributed by atoms with Crippen molar-refractivity contribution in [2.45, 2.75) is 42.7 Å². The molecule has 1 aliphatic carbocycles. The topological polar surface area (TPSA) is 86.7 Å². The first-order valence-electron chi connectivity index (χ1n) is 9.02. The maximum absolute atomic E-state index is 12.7. The Hall–Kier alpha value is -2.38. The van der Waals surface area contributed by atoms with Gasteiger partial charge in [-0.25, -0.2) is 8.42 Å². The van der Waals surface area contributed by atoms with E-state index in [4.69, 9.17) is 0 Å². The van der Waals surface area contributed by atoms with Gasteiger partial charge in [0.05, 0.1) is 22.7 Å². The lowest BCUT2D eigenvalue weighted by molar-refractivity contribution is 0.0717. The molecule has 27 heavy (non-hydrogen) atoms. The molecule has 2 atom stereocenters. The van der Waals surface area contributed by atoms with Crippen molar-refractivity contribution in [3.63, 3.8) is 0 Å². The first-order chi connectivity index (χ1) is 12.9. The molecule has 0 heterocycles. The van der Waals surface area contributed by atoms with Crippen LogP contribution in [0, 0.1) is 0 Å². The van der Waals surface area contributed by atoms with E-state index >= 15 is 0 Å². The van der Waals surface area contributed by atoms with Crippen LogP contribution in [-0.4, -0.2) is 38.6 Å². The SMILES string of the molecule is CN(c1ccc(C(=O)N[C@H]2CCCC[C@H]2O)cc1)S(=O)(=O)c1ccccc1. The number of hydrogen-bond donors (Lipinski definition) is 2. The maximum atomic E-state index is 12.7. The van der Waals surface area contributed by atoms with Gasteiger partial charge in [0.1, 0.15) is 0 Å². The van der Waals surface area contributed by atoms with Gasteiger partial charge >= 0.3 is 0 Å². The molecule has 2 aromatic rings. The van der Waals surface area contributed by atoms with Gasteiger partial charge < -0.3 is 10.4 Å². The fourth-order valence-corrected chi connectivity index (χ4v) is 4.46. The van der Waals surface area contributed by atoms with Gasteiger partial charge in [0.25, 0.3) is 15.9 Å². The molecule has 0 saturated heterocycles. The molecule has 144 valence electrons. The van der Waals surface area contributed by atoms with Crippen molar-refractivity contribution in [3.8, 4) is 0 Å². The fourth-order valence-electron chi connectivity index (χ4n) is 3.24. The Morgan fingerprint density at radius 3 is 2.30 bits per heavy atom. The molecule has 3 rings (SSSR count). The monoisotopic (exact) mass is 388 g/mol. The van der Waals surface area contributed by atoms with Gasteiger partial charge in [0.15, 0.2) is 0 Å². The van der Waals surface area contributed by atoms with Crippen molar-refractivity contribution in [1.29, 1.82) is 0 Å². The van der Waals surface area contributed by atoms with E-state index in [2.05, 4.69) is 5.32 Å². The summed E-state index contributed by atoms with van der Waals surface area (Å²) in [6.07, 6.45) is 2.92. The van der Waals surface area contributed by atoms with Crippen molar-refractivity contribution < 1.29 is 18.3 Å². The van der Waals surface area contributed by atoms with Crippen molar-refractivity contribution in [3.05, 3.63) is 60.2 Å². The number of benzene rings is 2. The summed E-state index contributed by atoms with van der Waals surface area (Å²) in [4.78, 5) is 12.6. The minimum atomic E-state index is -3.66. The molecule has 1 fully saturated rings. The number of sulfonamides is 1. The predicted octanol–water partition coefficient (Wildman–Crippen LogP) is 2.55. The molecule has 0 bridgehead atoms. The van der Waals surface area contributed by atoms with E-state index in [0.29, 0.717) is 17.7 Å². The molecular weight excluding hydrogens is 364 g/mol. The summed E-state index contributed by atoms with van der Waals surface area (Å²) in [6.45, 7) is 0. The minimum Gasteiger partial charge on any atom is -0.391 e. The molecule has 1 amide bonds. The van der Waals surface area contributed by atoms with E-state index < -0.39 is 16.1 Å². The zero-order chi connectivity index (χ0) is 19.4. The second-order valence-electron chi connectivity index (χ2n) is 6.76. The van der Waals surface area contributed by atoms with Crippen LogP contribution in [0.15, 0.2) is 59.5 Å². The van der Waals surface area contributed by atoms with E-state index in [1.807, 2.05) is 0 Å². The highest BCUT2D eigenvalue weighted by Crippen LogP contribution is 2.23. The molecule has 1 saturated carbocycles. The Morgan fingerprint density at radius 1 is 1.04 bits per heavy atom. The average Bonchev–Trinajstić information content (AvgIpc) is 2.70. The lowest BCUT2D eigenvalue weighted by Crippen LogP contribution is -2.45. The van der Waals surface area contributed by atoms with Crippen molar-refractivity contribution in [2.75, 3.05) is 11.4 Å². The summed E-state index contributed by atoms with van der Waals surface area (Å²) in [5.41, 5.74) is 0.898. The quantitative estimate of drug-likeness (QED) is 0.824. The van der Waals surface area contributed by atoms with Crippen LogP contribution in [0.3, 0.4) is 0 Å². The second-order valence-corrected chi connectivity index (χ2v) is 8.73. The van der Waals surface area contributed by atoms with Crippen LogP contribution in [0.5, 0.6) is 0 Å². The number of nitrogens with one attached hydrogen (secondary N) is 1. The number of rotatable bonds is 5. The number of hydrogen-bond acceptors (Lipinski definition) is 4. The van der Waals surface area contributed by atoms with E-state index in [0.717, 1.165) is 19.3 Å². The van der Waals surface area contributed by atoms with Crippen LogP contribution in [0.4, 0.5) is 5.69 Å². The molecule has 6 nitrogen and oxygen atoms in total. The number of carbonyl (C=O) groups is 1. The molecule has 0 radical (unpaired) electrons. The summed E-state index contributed by atoms with van der Waals surface area (Å²) >= 11 is 0. The second kappa shape index (κ2) is 8.10. The number of carbonyl (C=O) groups excluding carboxylic acids is 1. The van der Waals surface area contributed by atoms with E-state index in [9.17, 15) is 18.3 Å². The summed E-state index contributed by atoms with van der Waals surface area (Å²) < 4.78 is 26.5. The molecule has 1 aliphatic rings. The van der Waals surface area contributed by atoms with Crippen LogP contribution < -0.4 is 9.62 Å². The highest BCUT2D eigenvalue weighted by atomic mass is 32.2. The summed E-state index contributed by atoms with van der Waals surface area (Å²) in [5.74, 6) is -0.263. The van der Waals surface area contributed by atoms with Crippen molar-refractivity contribution >= 4 is 21.6 Å². The first-order valence-corrected chi connectivity index (χ1v) is 10.5. The fraction of sp³-hybridized carbons (Fsp3) is 0.350. The van der Waals surface area contributed by atoms with Gasteiger partial charge in [0, 0.05) is 12.6 Å². The van der Waals surface area contributed by atoms with Crippen molar-refractivity contribution in [1.82, 2.24) is 5.32 Å². The Balaban J connectivity index is 1.72. The first kappa shape index (κ1) is 19.4. The van der Waals surface area contributed by atoms with Crippen molar-refractivity contribution in [2.24, 2.45) is 0 Å². The van der Waals surface area contributed by atoms with Crippen LogP contribution in [0.25, 0.3) is 0 Å². The molecule has 2 aromatic carbocycles. The van der Waals surface area contributed by atoms with Gasteiger partial charge in [-0.2, -0.15) is 0 Å². The van der Waals surface area contributed by atoms with Crippen LogP contribution in [0.2, 0.25) is 0 Å². The molecule has 7 heteroatoms. The largest absolute Gasteiger partial charge is 0.391 e. The normalized spacial score (nSPS) is 20.1. The summed E-state index contributed by atoms with van der Waals surface area (Å²) in [5, 5.41) is 12.9. The smallest absolute Gasteiger partial charge is 0.264 e. The highest BCUT2D eigenvalue weighted by molar-refractivity contribution is 7.92. The standard InChI is InChI=1S/C20H24N2O4S/c1-22(27(25,26)17-7-3-2-4-8-17)16-13-11-15(12-14-16)20(24)21-18-9-5-6-10-19(18)23/h2-4,7-8,11-14,18-19,23H,5-6,9-10H2,1H3,(H,21,24)/t18-,19+/m0/s1. The Labute approximate surface area is 159 Å². The Kier molecular flexibility index (Phi) is 5.82. The summed E-state index contributed by atoms with van der Waals surface area (Å²) in [6, 6.07) is 14.4. The zero-order valence-electron chi connectivity index (χ0n) is 15.2. The third kappa shape index (κ3) is 4.31. The van der Waals surface area contributed by atoms with Gasteiger partial charge in [0.2, 0.25) is 0 Å². The van der Waals surface area contributed by atoms with Crippen LogP contribution in [0.1, 0.15) is 36.0 Å². The lowest BCUT2D eigenvalue weighted by Gasteiger charge is -2.28. The lowest BCUT2D eigenvalue weighted by atomic mass is 9.92. The maximum Gasteiger partial charge on any atom is 0.264 e. The molecule has 0 spiro atoms. The van der Waals surface area contributed by atoms with Gasteiger partial charge in [-0.05, 0) is 49.2 Å².